The summed E-state index contributed by atoms with van der Waals surface area (Å²) in [5.41, 5.74) is 1.11. The van der Waals surface area contributed by atoms with Crippen LogP contribution in [0.15, 0.2) is 12.5 Å². The number of hydrogen-bond acceptors (Lipinski definition) is 3. The van der Waals surface area contributed by atoms with E-state index in [0.717, 1.165) is 25.1 Å². The number of rotatable bonds is 5. The van der Waals surface area contributed by atoms with E-state index < -0.39 is 12.7 Å². The number of aryl methyl sites for hydroxylation is 1. The molecule has 1 aliphatic rings. The van der Waals surface area contributed by atoms with Gasteiger partial charge in [-0.2, -0.15) is 13.2 Å². The Balaban J connectivity index is 1.73. The molecule has 4 nitrogen and oxygen atoms in total. The van der Waals surface area contributed by atoms with Gasteiger partial charge in [0.1, 0.15) is 0 Å². The SMILES string of the molecule is CC(NCc1cncn1C)C1CCN(CC(F)(F)F)CC1. The van der Waals surface area contributed by atoms with E-state index in [4.69, 9.17) is 0 Å². The smallest absolute Gasteiger partial charge is 0.337 e. The quantitative estimate of drug-likeness (QED) is 0.905. The molecular formula is C14H23F3N4. The van der Waals surface area contributed by atoms with Crippen molar-refractivity contribution in [3.05, 3.63) is 18.2 Å². The van der Waals surface area contributed by atoms with Gasteiger partial charge in [-0.3, -0.25) is 4.90 Å². The first-order chi connectivity index (χ1) is 9.85. The third kappa shape index (κ3) is 5.00. The van der Waals surface area contributed by atoms with Crippen LogP contribution in [0.25, 0.3) is 0 Å². The molecule has 1 saturated heterocycles. The first kappa shape index (κ1) is 16.3. The van der Waals surface area contributed by atoms with E-state index in [2.05, 4.69) is 17.2 Å². The highest BCUT2D eigenvalue weighted by molar-refractivity contribution is 4.97. The number of alkyl halides is 3. The topological polar surface area (TPSA) is 33.1 Å². The molecule has 2 rings (SSSR count). The van der Waals surface area contributed by atoms with Gasteiger partial charge in [0, 0.05) is 25.8 Å². The van der Waals surface area contributed by atoms with Gasteiger partial charge in [0.05, 0.1) is 18.6 Å². The maximum absolute atomic E-state index is 12.3. The molecule has 1 N–H and O–H groups in total. The number of piperidine rings is 1. The highest BCUT2D eigenvalue weighted by atomic mass is 19.4. The lowest BCUT2D eigenvalue weighted by Crippen LogP contribution is -2.44. The van der Waals surface area contributed by atoms with Crippen molar-refractivity contribution in [2.75, 3.05) is 19.6 Å². The molecule has 0 amide bonds. The molecule has 2 heterocycles. The van der Waals surface area contributed by atoms with Gasteiger partial charge >= 0.3 is 6.18 Å². The number of halogens is 3. The second-order valence-electron chi connectivity index (χ2n) is 5.89. The molecule has 120 valence electrons. The standard InChI is InChI=1S/C14H23F3N4/c1-11(19-8-13-7-18-10-20(13)2)12-3-5-21(6-4-12)9-14(15,16)17/h7,10-12,19H,3-6,8-9H2,1-2H3. The van der Waals surface area contributed by atoms with Crippen molar-refractivity contribution in [3.8, 4) is 0 Å². The molecule has 1 unspecified atom stereocenters. The first-order valence-corrected chi connectivity index (χ1v) is 7.33. The highest BCUT2D eigenvalue weighted by Crippen LogP contribution is 2.24. The Morgan fingerprint density at radius 1 is 1.38 bits per heavy atom. The molecule has 1 aromatic rings. The second-order valence-corrected chi connectivity index (χ2v) is 5.89. The van der Waals surface area contributed by atoms with Crippen molar-refractivity contribution < 1.29 is 13.2 Å². The van der Waals surface area contributed by atoms with Crippen molar-refractivity contribution in [1.82, 2.24) is 19.8 Å². The van der Waals surface area contributed by atoms with Gasteiger partial charge < -0.3 is 9.88 Å². The van der Waals surface area contributed by atoms with Gasteiger partial charge in [0.25, 0.3) is 0 Å². The average molecular weight is 304 g/mol. The summed E-state index contributed by atoms with van der Waals surface area (Å²) in [4.78, 5) is 5.57. The maximum atomic E-state index is 12.3. The van der Waals surface area contributed by atoms with Crippen molar-refractivity contribution >= 4 is 0 Å². The number of nitrogens with one attached hydrogen (secondary N) is 1. The summed E-state index contributed by atoms with van der Waals surface area (Å²) in [7, 11) is 1.95. The number of aromatic nitrogens is 2. The molecule has 1 fully saturated rings. The molecule has 1 aromatic heterocycles. The van der Waals surface area contributed by atoms with Gasteiger partial charge in [-0.25, -0.2) is 4.98 Å². The van der Waals surface area contributed by atoms with Crippen molar-refractivity contribution in [2.45, 2.75) is 38.5 Å². The Labute approximate surface area is 123 Å². The lowest BCUT2D eigenvalue weighted by atomic mass is 9.90. The van der Waals surface area contributed by atoms with Crippen LogP contribution in [0.3, 0.4) is 0 Å². The molecule has 0 aromatic carbocycles. The number of likely N-dealkylation sites (tertiary alicyclic amines) is 1. The predicted molar refractivity (Wildman–Crippen MR) is 74.7 cm³/mol. The van der Waals surface area contributed by atoms with Crippen LogP contribution in [-0.2, 0) is 13.6 Å². The van der Waals surface area contributed by atoms with Gasteiger partial charge in [-0.15, -0.1) is 0 Å². The molecule has 0 bridgehead atoms. The summed E-state index contributed by atoms with van der Waals surface area (Å²) in [5.74, 6) is 0.433. The number of nitrogens with zero attached hydrogens (tertiary/aromatic N) is 3. The second kappa shape index (κ2) is 6.79. The Bertz CT molecular complexity index is 436. The lowest BCUT2D eigenvalue weighted by molar-refractivity contribution is -0.148. The molecule has 0 radical (unpaired) electrons. The maximum Gasteiger partial charge on any atom is 0.401 e. The van der Waals surface area contributed by atoms with Crippen LogP contribution < -0.4 is 5.32 Å². The molecule has 21 heavy (non-hydrogen) atoms. The van der Waals surface area contributed by atoms with E-state index in [1.807, 2.05) is 17.8 Å². The predicted octanol–water partition coefficient (Wildman–Crippen LogP) is 2.17. The van der Waals surface area contributed by atoms with Crippen LogP contribution in [0.5, 0.6) is 0 Å². The van der Waals surface area contributed by atoms with Crippen LogP contribution in [-0.4, -0.2) is 46.3 Å². The fourth-order valence-electron chi connectivity index (χ4n) is 2.85. The molecule has 7 heteroatoms. The molecule has 1 atom stereocenters. The van der Waals surface area contributed by atoms with Gasteiger partial charge in [0.2, 0.25) is 0 Å². The number of hydrogen-bond donors (Lipinski definition) is 1. The minimum atomic E-state index is -4.09. The molecule has 0 spiro atoms. The van der Waals surface area contributed by atoms with Crippen LogP contribution in [0.4, 0.5) is 13.2 Å². The molecular weight excluding hydrogens is 281 g/mol. The van der Waals surface area contributed by atoms with E-state index >= 15 is 0 Å². The largest absolute Gasteiger partial charge is 0.401 e. The summed E-state index contributed by atoms with van der Waals surface area (Å²) in [6.45, 7) is 3.13. The summed E-state index contributed by atoms with van der Waals surface area (Å²) in [6.07, 6.45) is 1.13. The molecule has 0 saturated carbocycles. The van der Waals surface area contributed by atoms with Gasteiger partial charge in [-0.1, -0.05) is 0 Å². The van der Waals surface area contributed by atoms with Crippen LogP contribution in [0.1, 0.15) is 25.5 Å². The fourth-order valence-corrected chi connectivity index (χ4v) is 2.85. The minimum Gasteiger partial charge on any atom is -0.337 e. The van der Waals surface area contributed by atoms with Crippen molar-refractivity contribution in [3.63, 3.8) is 0 Å². The van der Waals surface area contributed by atoms with Crippen molar-refractivity contribution in [1.29, 1.82) is 0 Å². The summed E-state index contributed by atoms with van der Waals surface area (Å²) in [6, 6.07) is 0.299. The Morgan fingerprint density at radius 3 is 2.57 bits per heavy atom. The van der Waals surface area contributed by atoms with E-state index in [1.54, 1.807) is 6.33 Å². The Hall–Kier alpha value is -1.08. The molecule has 0 aliphatic carbocycles. The monoisotopic (exact) mass is 304 g/mol. The minimum absolute atomic E-state index is 0.299. The fraction of sp³-hybridized carbons (Fsp3) is 0.786. The average Bonchev–Trinajstić information content (AvgIpc) is 2.80. The summed E-state index contributed by atoms with van der Waals surface area (Å²) >= 11 is 0. The normalized spacial score (nSPS) is 19.9. The van der Waals surface area contributed by atoms with E-state index in [-0.39, 0.29) is 0 Å². The lowest BCUT2D eigenvalue weighted by Gasteiger charge is -2.35. The highest BCUT2D eigenvalue weighted by Gasteiger charge is 2.33. The van der Waals surface area contributed by atoms with Crippen molar-refractivity contribution in [2.24, 2.45) is 13.0 Å². The van der Waals surface area contributed by atoms with Crippen LogP contribution in [0.2, 0.25) is 0 Å². The third-order valence-electron chi connectivity index (χ3n) is 4.26. The summed E-state index contributed by atoms with van der Waals surface area (Å²) in [5, 5.41) is 3.46. The van der Waals surface area contributed by atoms with Gasteiger partial charge in [-0.05, 0) is 38.8 Å². The number of imidazole rings is 1. The summed E-state index contributed by atoms with van der Waals surface area (Å²) < 4.78 is 39.0. The first-order valence-electron chi connectivity index (χ1n) is 7.33. The van der Waals surface area contributed by atoms with E-state index in [0.29, 0.717) is 25.0 Å². The van der Waals surface area contributed by atoms with E-state index in [1.165, 1.54) is 4.90 Å². The van der Waals surface area contributed by atoms with E-state index in [9.17, 15) is 13.2 Å². The zero-order valence-electron chi connectivity index (χ0n) is 12.5. The van der Waals surface area contributed by atoms with Crippen LogP contribution in [0, 0.1) is 5.92 Å². The Kier molecular flexibility index (Phi) is 5.27. The zero-order valence-corrected chi connectivity index (χ0v) is 12.5. The zero-order chi connectivity index (χ0) is 15.5. The Morgan fingerprint density at radius 2 is 2.05 bits per heavy atom. The van der Waals surface area contributed by atoms with Crippen LogP contribution >= 0.6 is 0 Å². The molecule has 1 aliphatic heterocycles. The van der Waals surface area contributed by atoms with Gasteiger partial charge in [0.15, 0.2) is 0 Å². The third-order valence-corrected chi connectivity index (χ3v) is 4.26.